The van der Waals surface area contributed by atoms with Gasteiger partial charge in [0.2, 0.25) is 0 Å². The Bertz CT molecular complexity index is 1120. The van der Waals surface area contributed by atoms with E-state index < -0.39 is 0 Å². The molecule has 6 heteroatoms. The quantitative estimate of drug-likeness (QED) is 0.593. The number of aromatic nitrogens is 3. The van der Waals surface area contributed by atoms with Crippen molar-refractivity contribution >= 4 is 5.91 Å². The monoisotopic (exact) mass is 370 g/mol. The van der Waals surface area contributed by atoms with Crippen LogP contribution in [0.5, 0.6) is 0 Å². The second-order valence-corrected chi connectivity index (χ2v) is 6.84. The molecule has 6 nitrogen and oxygen atoms in total. The van der Waals surface area contributed by atoms with E-state index in [0.29, 0.717) is 25.1 Å². The third-order valence-corrected chi connectivity index (χ3v) is 5.10. The maximum Gasteiger partial charge on any atom is 0.254 e. The number of aromatic amines is 1. The molecule has 1 amide bonds. The molecule has 28 heavy (non-hydrogen) atoms. The molecule has 0 saturated heterocycles. The summed E-state index contributed by atoms with van der Waals surface area (Å²) in [6, 6.07) is 17.6. The zero-order chi connectivity index (χ0) is 18.9. The Morgan fingerprint density at radius 1 is 1.04 bits per heavy atom. The lowest BCUT2D eigenvalue weighted by molar-refractivity contribution is 0.0729. The third kappa shape index (κ3) is 2.89. The largest absolute Gasteiger partial charge is 0.360 e. The Kier molecular flexibility index (Phi) is 4.01. The molecule has 2 aromatic heterocycles. The summed E-state index contributed by atoms with van der Waals surface area (Å²) < 4.78 is 5.54. The van der Waals surface area contributed by atoms with Crippen LogP contribution in [0.2, 0.25) is 0 Å². The van der Waals surface area contributed by atoms with E-state index in [-0.39, 0.29) is 5.91 Å². The van der Waals surface area contributed by atoms with Crippen molar-refractivity contribution in [2.75, 3.05) is 6.54 Å². The number of fused-ring (bicyclic) bond motifs is 1. The average molecular weight is 370 g/mol. The van der Waals surface area contributed by atoms with Crippen LogP contribution in [0.25, 0.3) is 22.4 Å². The number of carbonyl (C=O) groups excluding carboxylic acids is 1. The van der Waals surface area contributed by atoms with Crippen molar-refractivity contribution < 1.29 is 9.32 Å². The highest BCUT2D eigenvalue weighted by Crippen LogP contribution is 2.30. The van der Waals surface area contributed by atoms with Crippen LogP contribution in [0.1, 0.15) is 21.7 Å². The molecule has 5 rings (SSSR count). The lowest BCUT2D eigenvalue weighted by Crippen LogP contribution is -2.35. The van der Waals surface area contributed by atoms with Crippen LogP contribution in [0, 0.1) is 0 Å². The molecule has 0 radical (unpaired) electrons. The molecule has 2 aromatic carbocycles. The summed E-state index contributed by atoms with van der Waals surface area (Å²) in [4.78, 5) is 15.0. The zero-order valence-corrected chi connectivity index (χ0v) is 15.1. The minimum atomic E-state index is 0.0104. The summed E-state index contributed by atoms with van der Waals surface area (Å²) in [5.74, 6) is 0.881. The molecule has 4 aromatic rings. The Labute approximate surface area is 161 Å². The van der Waals surface area contributed by atoms with E-state index >= 15 is 0 Å². The Balaban J connectivity index is 1.43. The molecule has 3 heterocycles. The molecule has 0 fully saturated rings. The van der Waals surface area contributed by atoms with Gasteiger partial charge in [0.15, 0.2) is 0 Å². The summed E-state index contributed by atoms with van der Waals surface area (Å²) in [6.07, 6.45) is 4.24. The van der Waals surface area contributed by atoms with E-state index in [4.69, 9.17) is 4.52 Å². The first-order valence-corrected chi connectivity index (χ1v) is 9.21. The maximum atomic E-state index is 13.2. The van der Waals surface area contributed by atoms with Gasteiger partial charge in [0.25, 0.3) is 5.91 Å². The van der Waals surface area contributed by atoms with Crippen LogP contribution < -0.4 is 0 Å². The van der Waals surface area contributed by atoms with Crippen LogP contribution in [-0.4, -0.2) is 32.7 Å². The molecular weight excluding hydrogens is 352 g/mol. The van der Waals surface area contributed by atoms with Crippen molar-refractivity contribution in [2.24, 2.45) is 0 Å². The number of hydrogen-bond acceptors (Lipinski definition) is 4. The Hall–Kier alpha value is -3.67. The molecule has 0 atom stereocenters. The molecule has 1 aliphatic rings. The second kappa shape index (κ2) is 6.81. The molecule has 0 aliphatic carbocycles. The first-order valence-electron chi connectivity index (χ1n) is 9.21. The van der Waals surface area contributed by atoms with Gasteiger partial charge in [-0.2, -0.15) is 5.10 Å². The van der Waals surface area contributed by atoms with Gasteiger partial charge in [0.1, 0.15) is 11.5 Å². The molecule has 0 saturated carbocycles. The summed E-state index contributed by atoms with van der Waals surface area (Å²) in [5, 5.41) is 11.0. The summed E-state index contributed by atoms with van der Waals surface area (Å²) in [5.41, 5.74) is 5.41. The predicted molar refractivity (Wildman–Crippen MR) is 104 cm³/mol. The molecule has 138 valence electrons. The lowest BCUT2D eigenvalue weighted by atomic mass is 10.00. The van der Waals surface area contributed by atoms with E-state index in [1.807, 2.05) is 65.7 Å². The standard InChI is InChI=1S/C22H18N4O2/c27-22(17-8-4-7-16(11-17)18-12-23-24-13-18)26-10-9-20-19(14-26)21(25-28-20)15-5-2-1-3-6-15/h1-8,11-13H,9-10,14H2,(H,23,24). The predicted octanol–water partition coefficient (Wildman–Crippen LogP) is 3.93. The maximum absolute atomic E-state index is 13.2. The van der Waals surface area contributed by atoms with E-state index in [0.717, 1.165) is 33.7 Å². The fourth-order valence-corrected chi connectivity index (χ4v) is 3.63. The van der Waals surface area contributed by atoms with Crippen LogP contribution in [0.15, 0.2) is 71.5 Å². The fraction of sp³-hybridized carbons (Fsp3) is 0.136. The van der Waals surface area contributed by atoms with Gasteiger partial charge >= 0.3 is 0 Å². The smallest absolute Gasteiger partial charge is 0.254 e. The van der Waals surface area contributed by atoms with Gasteiger partial charge in [-0.3, -0.25) is 9.89 Å². The van der Waals surface area contributed by atoms with Gasteiger partial charge in [-0.1, -0.05) is 47.6 Å². The van der Waals surface area contributed by atoms with Gasteiger partial charge in [0.05, 0.1) is 12.7 Å². The van der Waals surface area contributed by atoms with E-state index in [1.165, 1.54) is 0 Å². The first kappa shape index (κ1) is 16.5. The van der Waals surface area contributed by atoms with Gasteiger partial charge in [-0.05, 0) is 17.7 Å². The van der Waals surface area contributed by atoms with Crippen LogP contribution in [-0.2, 0) is 13.0 Å². The lowest BCUT2D eigenvalue weighted by Gasteiger charge is -2.26. The van der Waals surface area contributed by atoms with Crippen molar-refractivity contribution in [1.82, 2.24) is 20.3 Å². The fourth-order valence-electron chi connectivity index (χ4n) is 3.63. The van der Waals surface area contributed by atoms with Gasteiger partial charge in [-0.15, -0.1) is 0 Å². The molecule has 1 aliphatic heterocycles. The number of nitrogens with zero attached hydrogens (tertiary/aromatic N) is 3. The number of amides is 1. The number of nitrogens with one attached hydrogen (secondary N) is 1. The number of hydrogen-bond donors (Lipinski definition) is 1. The van der Waals surface area contributed by atoms with Crippen molar-refractivity contribution in [3.8, 4) is 22.4 Å². The summed E-state index contributed by atoms with van der Waals surface area (Å²) >= 11 is 0. The van der Waals surface area contributed by atoms with Crippen LogP contribution >= 0.6 is 0 Å². The number of H-pyrrole nitrogens is 1. The average Bonchev–Trinajstić information content (AvgIpc) is 3.43. The number of rotatable bonds is 3. The topological polar surface area (TPSA) is 75.0 Å². The van der Waals surface area contributed by atoms with E-state index in [1.54, 1.807) is 6.20 Å². The van der Waals surface area contributed by atoms with Crippen molar-refractivity contribution in [3.05, 3.63) is 83.9 Å². The second-order valence-electron chi connectivity index (χ2n) is 6.84. The number of carbonyl (C=O) groups is 1. The zero-order valence-electron chi connectivity index (χ0n) is 15.1. The molecular formula is C22H18N4O2. The minimum absolute atomic E-state index is 0.0104. The Morgan fingerprint density at radius 2 is 1.89 bits per heavy atom. The van der Waals surface area contributed by atoms with Crippen LogP contribution in [0.4, 0.5) is 0 Å². The SMILES string of the molecule is O=C(c1cccc(-c2cn[nH]c2)c1)N1CCc2onc(-c3ccccc3)c2C1. The molecule has 0 unspecified atom stereocenters. The van der Waals surface area contributed by atoms with Crippen molar-refractivity contribution in [1.29, 1.82) is 0 Å². The highest BCUT2D eigenvalue weighted by Gasteiger charge is 2.28. The van der Waals surface area contributed by atoms with Crippen molar-refractivity contribution in [2.45, 2.75) is 13.0 Å². The first-order chi connectivity index (χ1) is 13.8. The van der Waals surface area contributed by atoms with Gasteiger partial charge in [0, 0.05) is 41.4 Å². The van der Waals surface area contributed by atoms with E-state index in [2.05, 4.69) is 15.4 Å². The normalized spacial score (nSPS) is 13.4. The highest BCUT2D eigenvalue weighted by atomic mass is 16.5. The van der Waals surface area contributed by atoms with Gasteiger partial charge in [-0.25, -0.2) is 0 Å². The number of benzene rings is 2. The van der Waals surface area contributed by atoms with Crippen molar-refractivity contribution in [3.63, 3.8) is 0 Å². The summed E-state index contributed by atoms with van der Waals surface area (Å²) in [6.45, 7) is 1.11. The molecule has 1 N–H and O–H groups in total. The third-order valence-electron chi connectivity index (χ3n) is 5.10. The summed E-state index contributed by atoms with van der Waals surface area (Å²) in [7, 11) is 0. The minimum Gasteiger partial charge on any atom is -0.360 e. The molecule has 0 spiro atoms. The van der Waals surface area contributed by atoms with Gasteiger partial charge < -0.3 is 9.42 Å². The Morgan fingerprint density at radius 3 is 2.71 bits per heavy atom. The van der Waals surface area contributed by atoms with E-state index in [9.17, 15) is 4.79 Å². The highest BCUT2D eigenvalue weighted by molar-refractivity contribution is 5.95. The molecule has 0 bridgehead atoms. The van der Waals surface area contributed by atoms with Crippen LogP contribution in [0.3, 0.4) is 0 Å².